The molecule has 1 saturated heterocycles. The van der Waals surface area contributed by atoms with Crippen molar-refractivity contribution in [3.8, 4) is 9.88 Å². The number of fused-ring (bicyclic) bond motifs is 1. The van der Waals surface area contributed by atoms with Crippen molar-refractivity contribution in [2.75, 3.05) is 6.54 Å². The third kappa shape index (κ3) is 2.75. The average Bonchev–Trinajstić information content (AvgIpc) is 3.30. The molecule has 1 saturated carbocycles. The molecule has 7 heteroatoms. The largest absolute Gasteiger partial charge is 0.480 e. The number of thiophene rings is 1. The summed E-state index contributed by atoms with van der Waals surface area (Å²) in [6.45, 7) is 0.586. The fourth-order valence-corrected chi connectivity index (χ4v) is 5.67. The van der Waals surface area contributed by atoms with Crippen LogP contribution in [0.4, 0.5) is 0 Å². The van der Waals surface area contributed by atoms with Gasteiger partial charge in [0.2, 0.25) is 5.91 Å². The van der Waals surface area contributed by atoms with Crippen LogP contribution in [0.3, 0.4) is 0 Å². The summed E-state index contributed by atoms with van der Waals surface area (Å²) in [7, 11) is 0. The third-order valence-electron chi connectivity index (χ3n) is 5.08. The summed E-state index contributed by atoms with van der Waals surface area (Å²) in [4.78, 5) is 31.6. The highest BCUT2D eigenvalue weighted by Crippen LogP contribution is 2.42. The standard InChI is InChI=1S/C17H18N2O3S2/c20-14(7-11-9-24-16(18-11)13-5-2-6-23-13)19-8-10-3-1-4-12(10)15(19)17(21)22/h2,5-6,9-10,12,15H,1,3-4,7-8H2,(H,21,22). The minimum atomic E-state index is -0.865. The zero-order chi connectivity index (χ0) is 16.7. The fourth-order valence-electron chi connectivity index (χ4n) is 4.04. The summed E-state index contributed by atoms with van der Waals surface area (Å²) >= 11 is 3.15. The maximum absolute atomic E-state index is 12.7. The molecule has 0 bridgehead atoms. The van der Waals surface area contributed by atoms with Gasteiger partial charge in [0.25, 0.3) is 0 Å². The molecule has 2 aromatic heterocycles. The van der Waals surface area contributed by atoms with Crippen molar-refractivity contribution in [2.24, 2.45) is 11.8 Å². The first kappa shape index (κ1) is 15.8. The molecule has 1 amide bonds. The quantitative estimate of drug-likeness (QED) is 0.907. The van der Waals surface area contributed by atoms with Gasteiger partial charge in [0.1, 0.15) is 11.0 Å². The Hall–Kier alpha value is -1.73. The summed E-state index contributed by atoms with van der Waals surface area (Å²) in [5.74, 6) is -0.495. The molecule has 4 rings (SSSR count). The zero-order valence-corrected chi connectivity index (χ0v) is 14.7. The number of aliphatic carboxylic acids is 1. The van der Waals surface area contributed by atoms with Crippen LogP contribution in [-0.4, -0.2) is 39.5 Å². The summed E-state index contributed by atoms with van der Waals surface area (Å²) < 4.78 is 0. The molecule has 2 aliphatic rings. The van der Waals surface area contributed by atoms with E-state index in [9.17, 15) is 14.7 Å². The van der Waals surface area contributed by atoms with Gasteiger partial charge in [0.05, 0.1) is 17.0 Å². The third-order valence-corrected chi connectivity index (χ3v) is 7.01. The molecule has 24 heavy (non-hydrogen) atoms. The molecule has 126 valence electrons. The van der Waals surface area contributed by atoms with E-state index in [1.165, 1.54) is 11.3 Å². The van der Waals surface area contributed by atoms with Crippen molar-refractivity contribution in [3.05, 3.63) is 28.6 Å². The molecule has 2 fully saturated rings. The number of aromatic nitrogens is 1. The lowest BCUT2D eigenvalue weighted by molar-refractivity contribution is -0.149. The Balaban J connectivity index is 1.49. The molecular formula is C17H18N2O3S2. The van der Waals surface area contributed by atoms with Crippen molar-refractivity contribution in [3.63, 3.8) is 0 Å². The van der Waals surface area contributed by atoms with E-state index < -0.39 is 12.0 Å². The van der Waals surface area contributed by atoms with E-state index in [2.05, 4.69) is 4.98 Å². The lowest BCUT2D eigenvalue weighted by atomic mass is 9.94. The molecule has 5 nitrogen and oxygen atoms in total. The van der Waals surface area contributed by atoms with E-state index in [0.29, 0.717) is 12.5 Å². The minimum absolute atomic E-state index is 0.111. The number of carboxylic acids is 1. The van der Waals surface area contributed by atoms with Crippen molar-refractivity contribution in [1.82, 2.24) is 9.88 Å². The number of carbonyl (C=O) groups excluding carboxylic acids is 1. The molecule has 0 spiro atoms. The summed E-state index contributed by atoms with van der Waals surface area (Å²) in [6.07, 6.45) is 3.23. The van der Waals surface area contributed by atoms with Crippen molar-refractivity contribution < 1.29 is 14.7 Å². The summed E-state index contributed by atoms with van der Waals surface area (Å²) in [5, 5.41) is 14.4. The average molecular weight is 362 g/mol. The summed E-state index contributed by atoms with van der Waals surface area (Å²) in [6, 6.07) is 3.34. The SMILES string of the molecule is O=C(O)C1C2CCCC2CN1C(=O)Cc1csc(-c2cccs2)n1. The molecule has 3 atom stereocenters. The predicted molar refractivity (Wildman–Crippen MR) is 93.1 cm³/mol. The molecule has 3 unspecified atom stereocenters. The Kier molecular flexibility index (Phi) is 4.14. The van der Waals surface area contributed by atoms with Gasteiger partial charge in [0, 0.05) is 11.9 Å². The Morgan fingerprint density at radius 2 is 2.21 bits per heavy atom. The Morgan fingerprint density at radius 3 is 2.96 bits per heavy atom. The van der Waals surface area contributed by atoms with E-state index in [-0.39, 0.29) is 18.2 Å². The van der Waals surface area contributed by atoms with Crippen LogP contribution in [0.1, 0.15) is 25.0 Å². The highest BCUT2D eigenvalue weighted by molar-refractivity contribution is 7.20. The van der Waals surface area contributed by atoms with Crippen LogP contribution in [0, 0.1) is 11.8 Å². The van der Waals surface area contributed by atoms with Gasteiger partial charge in [-0.3, -0.25) is 4.79 Å². The van der Waals surface area contributed by atoms with E-state index in [1.807, 2.05) is 22.9 Å². The minimum Gasteiger partial charge on any atom is -0.480 e. The first-order valence-electron chi connectivity index (χ1n) is 8.14. The van der Waals surface area contributed by atoms with Gasteiger partial charge in [-0.2, -0.15) is 0 Å². The molecule has 1 aliphatic heterocycles. The van der Waals surface area contributed by atoms with Gasteiger partial charge in [0.15, 0.2) is 0 Å². The van der Waals surface area contributed by atoms with E-state index in [4.69, 9.17) is 0 Å². The topological polar surface area (TPSA) is 70.5 Å². The van der Waals surface area contributed by atoms with E-state index in [1.54, 1.807) is 16.2 Å². The Bertz CT molecular complexity index is 756. The molecule has 0 radical (unpaired) electrons. The van der Waals surface area contributed by atoms with Gasteiger partial charge >= 0.3 is 5.97 Å². The zero-order valence-electron chi connectivity index (χ0n) is 13.1. The monoisotopic (exact) mass is 362 g/mol. The predicted octanol–water partition coefficient (Wildman–Crippen LogP) is 3.13. The van der Waals surface area contributed by atoms with E-state index >= 15 is 0 Å². The number of carbonyl (C=O) groups is 2. The first-order chi connectivity index (χ1) is 11.6. The molecule has 1 aliphatic carbocycles. The fraction of sp³-hybridized carbons (Fsp3) is 0.471. The van der Waals surface area contributed by atoms with Gasteiger partial charge in [-0.05, 0) is 36.1 Å². The number of thiazole rings is 1. The number of hydrogen-bond acceptors (Lipinski definition) is 5. The van der Waals surface area contributed by atoms with Gasteiger partial charge in [-0.25, -0.2) is 9.78 Å². The van der Waals surface area contributed by atoms with Crippen molar-refractivity contribution >= 4 is 34.6 Å². The molecule has 0 aromatic carbocycles. The maximum Gasteiger partial charge on any atom is 0.326 e. The smallest absolute Gasteiger partial charge is 0.326 e. The number of hydrogen-bond donors (Lipinski definition) is 1. The lowest BCUT2D eigenvalue weighted by Crippen LogP contribution is -2.44. The van der Waals surface area contributed by atoms with Crippen LogP contribution in [0.2, 0.25) is 0 Å². The normalized spacial score (nSPS) is 25.8. The van der Waals surface area contributed by atoms with Crippen molar-refractivity contribution in [2.45, 2.75) is 31.7 Å². The van der Waals surface area contributed by atoms with Crippen LogP contribution in [0.15, 0.2) is 22.9 Å². The Morgan fingerprint density at radius 1 is 1.33 bits per heavy atom. The summed E-state index contributed by atoms with van der Waals surface area (Å²) in [5.41, 5.74) is 0.731. The van der Waals surface area contributed by atoms with Crippen LogP contribution >= 0.6 is 22.7 Å². The van der Waals surface area contributed by atoms with Crippen LogP contribution in [-0.2, 0) is 16.0 Å². The number of rotatable bonds is 4. The van der Waals surface area contributed by atoms with Crippen LogP contribution in [0.5, 0.6) is 0 Å². The van der Waals surface area contributed by atoms with E-state index in [0.717, 1.165) is 34.8 Å². The van der Waals surface area contributed by atoms with Gasteiger partial charge in [-0.1, -0.05) is 12.5 Å². The lowest BCUT2D eigenvalue weighted by Gasteiger charge is -2.24. The second kappa shape index (κ2) is 6.29. The second-order valence-corrected chi connectivity index (χ2v) is 8.29. The highest BCUT2D eigenvalue weighted by atomic mass is 32.1. The molecule has 1 N–H and O–H groups in total. The first-order valence-corrected chi connectivity index (χ1v) is 9.90. The Labute approximate surface area is 148 Å². The number of amides is 1. The maximum atomic E-state index is 12.7. The number of carboxylic acid groups (broad SMARTS) is 1. The second-order valence-electron chi connectivity index (χ2n) is 6.48. The highest BCUT2D eigenvalue weighted by Gasteiger charge is 2.49. The van der Waals surface area contributed by atoms with Crippen LogP contribution < -0.4 is 0 Å². The van der Waals surface area contributed by atoms with Crippen molar-refractivity contribution in [1.29, 1.82) is 0 Å². The van der Waals surface area contributed by atoms with Crippen LogP contribution in [0.25, 0.3) is 9.88 Å². The van der Waals surface area contributed by atoms with Gasteiger partial charge in [-0.15, -0.1) is 22.7 Å². The molecule has 2 aromatic rings. The molecular weight excluding hydrogens is 344 g/mol. The van der Waals surface area contributed by atoms with Gasteiger partial charge < -0.3 is 10.0 Å². The number of likely N-dealkylation sites (tertiary alicyclic amines) is 1. The number of nitrogens with zero attached hydrogens (tertiary/aromatic N) is 2. The molecule has 3 heterocycles.